The minimum atomic E-state index is -1.03. The molecule has 0 bridgehead atoms. The van der Waals surface area contributed by atoms with Gasteiger partial charge in [-0.15, -0.1) is 0 Å². The van der Waals surface area contributed by atoms with Gasteiger partial charge in [0.05, 0.1) is 6.61 Å². The van der Waals surface area contributed by atoms with Gasteiger partial charge in [-0.05, 0) is 57.2 Å². The molecule has 1 aromatic carbocycles. The number of carboxylic acid groups (broad SMARTS) is 1. The van der Waals surface area contributed by atoms with Gasteiger partial charge in [0.2, 0.25) is 0 Å². The Morgan fingerprint density at radius 3 is 2.55 bits per heavy atom. The molecule has 1 atom stereocenters. The summed E-state index contributed by atoms with van der Waals surface area (Å²) in [6.45, 7) is 5.86. The van der Waals surface area contributed by atoms with E-state index in [0.717, 1.165) is 23.3 Å². The van der Waals surface area contributed by atoms with Crippen molar-refractivity contribution in [2.45, 2.75) is 40.0 Å². The second kappa shape index (κ2) is 7.68. The number of unbranched alkanes of at least 4 members (excludes halogenated alkanes) is 1. The summed E-state index contributed by atoms with van der Waals surface area (Å²) in [5.41, 5.74) is 2.23. The van der Waals surface area contributed by atoms with E-state index in [9.17, 15) is 9.59 Å². The van der Waals surface area contributed by atoms with Crippen LogP contribution in [0.25, 0.3) is 0 Å². The van der Waals surface area contributed by atoms with Crippen LogP contribution in [0.2, 0.25) is 0 Å². The molecular weight excluding hydrogens is 256 g/mol. The third-order valence-electron chi connectivity index (χ3n) is 3.28. The van der Waals surface area contributed by atoms with Gasteiger partial charge in [0.1, 0.15) is 17.5 Å². The minimum absolute atomic E-state index is 0.284. The number of rotatable bonds is 8. The number of hydrogen-bond acceptors (Lipinski definition) is 3. The van der Waals surface area contributed by atoms with E-state index in [1.54, 1.807) is 0 Å². The first-order valence-electron chi connectivity index (χ1n) is 6.85. The quantitative estimate of drug-likeness (QED) is 0.586. The Morgan fingerprint density at radius 1 is 1.25 bits per heavy atom. The molecule has 0 aliphatic rings. The molecule has 20 heavy (non-hydrogen) atoms. The van der Waals surface area contributed by atoms with Crippen molar-refractivity contribution in [3.63, 3.8) is 0 Å². The maximum atomic E-state index is 11.1. The molecule has 1 aromatic rings. The molecule has 4 nitrogen and oxygen atoms in total. The van der Waals surface area contributed by atoms with Crippen LogP contribution in [0.4, 0.5) is 0 Å². The number of carbonyl (C=O) groups is 2. The Balaban J connectivity index is 2.33. The lowest BCUT2D eigenvalue weighted by molar-refractivity contribution is -0.146. The van der Waals surface area contributed by atoms with E-state index in [-0.39, 0.29) is 5.78 Å². The lowest BCUT2D eigenvalue weighted by Gasteiger charge is -2.11. The Hall–Kier alpha value is -1.84. The topological polar surface area (TPSA) is 63.6 Å². The normalized spacial score (nSPS) is 11.9. The summed E-state index contributed by atoms with van der Waals surface area (Å²) in [5, 5.41) is 8.89. The third-order valence-corrected chi connectivity index (χ3v) is 3.28. The van der Waals surface area contributed by atoms with Crippen LogP contribution in [0, 0.1) is 19.8 Å². The van der Waals surface area contributed by atoms with Gasteiger partial charge in [-0.1, -0.05) is 12.1 Å². The zero-order valence-electron chi connectivity index (χ0n) is 12.3. The number of ether oxygens (including phenoxy) is 1. The first kappa shape index (κ1) is 16.2. The van der Waals surface area contributed by atoms with E-state index in [2.05, 4.69) is 0 Å². The molecule has 0 aromatic heterocycles. The van der Waals surface area contributed by atoms with Crippen molar-refractivity contribution in [1.29, 1.82) is 0 Å². The summed E-state index contributed by atoms with van der Waals surface area (Å²) < 4.78 is 5.69. The molecule has 110 valence electrons. The van der Waals surface area contributed by atoms with Gasteiger partial charge < -0.3 is 9.84 Å². The highest BCUT2D eigenvalue weighted by Crippen LogP contribution is 2.19. The molecule has 0 radical (unpaired) electrons. The highest BCUT2D eigenvalue weighted by atomic mass is 16.5. The molecule has 0 amide bonds. The van der Waals surface area contributed by atoms with E-state index in [1.807, 2.05) is 32.0 Å². The molecule has 1 unspecified atom stereocenters. The fourth-order valence-electron chi connectivity index (χ4n) is 2.00. The number of carbonyl (C=O) groups excluding carboxylic acids is 1. The molecule has 1 rings (SSSR count). The van der Waals surface area contributed by atoms with Gasteiger partial charge in [-0.2, -0.15) is 0 Å². The van der Waals surface area contributed by atoms with Gasteiger partial charge in [-0.3, -0.25) is 9.59 Å². The maximum Gasteiger partial charge on any atom is 0.314 e. The molecule has 4 heteroatoms. The van der Waals surface area contributed by atoms with Crippen LogP contribution in [0.1, 0.15) is 37.3 Å². The summed E-state index contributed by atoms with van der Waals surface area (Å²) in [5.74, 6) is -1.33. The number of aryl methyl sites for hydroxylation is 2. The molecule has 0 spiro atoms. The summed E-state index contributed by atoms with van der Waals surface area (Å²) in [6.07, 6.45) is 1.78. The Bertz CT molecular complexity index is 465. The summed E-state index contributed by atoms with van der Waals surface area (Å²) in [7, 11) is 0. The number of Topliss-reactive ketones (excluding diaryl/α,β-unsaturated/α-hetero) is 1. The smallest absolute Gasteiger partial charge is 0.314 e. The highest BCUT2D eigenvalue weighted by molar-refractivity contribution is 5.96. The predicted molar refractivity (Wildman–Crippen MR) is 77.1 cm³/mol. The second-order valence-electron chi connectivity index (χ2n) is 5.11. The van der Waals surface area contributed by atoms with Crippen LogP contribution in [0.15, 0.2) is 18.2 Å². The number of ketones is 1. The Labute approximate surface area is 119 Å². The molecular formula is C16H22O4. The Morgan fingerprint density at radius 2 is 1.95 bits per heavy atom. The molecule has 0 fully saturated rings. The zero-order chi connectivity index (χ0) is 15.1. The average Bonchev–Trinajstić information content (AvgIpc) is 2.36. The molecule has 0 saturated carbocycles. The molecule has 0 aliphatic carbocycles. The molecule has 0 heterocycles. The van der Waals surface area contributed by atoms with Crippen LogP contribution >= 0.6 is 0 Å². The lowest BCUT2D eigenvalue weighted by Crippen LogP contribution is -2.21. The first-order valence-corrected chi connectivity index (χ1v) is 6.85. The van der Waals surface area contributed by atoms with Crippen LogP contribution < -0.4 is 4.74 Å². The summed E-state index contributed by atoms with van der Waals surface area (Å²) >= 11 is 0. The minimum Gasteiger partial charge on any atom is -0.493 e. The zero-order valence-corrected chi connectivity index (χ0v) is 12.3. The number of aliphatic carboxylic acids is 1. The predicted octanol–water partition coefficient (Wildman–Crippen LogP) is 3.14. The van der Waals surface area contributed by atoms with Gasteiger partial charge in [0, 0.05) is 0 Å². The van der Waals surface area contributed by atoms with Gasteiger partial charge in [0.25, 0.3) is 0 Å². The molecule has 0 aliphatic heterocycles. The van der Waals surface area contributed by atoms with Crippen LogP contribution in [0.3, 0.4) is 0 Å². The number of carboxylic acids is 1. The van der Waals surface area contributed by atoms with Crippen molar-refractivity contribution in [2.24, 2.45) is 5.92 Å². The van der Waals surface area contributed by atoms with E-state index >= 15 is 0 Å². The largest absolute Gasteiger partial charge is 0.493 e. The number of benzene rings is 1. The van der Waals surface area contributed by atoms with Crippen LogP contribution in [0.5, 0.6) is 5.75 Å². The van der Waals surface area contributed by atoms with Crippen molar-refractivity contribution in [2.75, 3.05) is 6.61 Å². The molecule has 0 saturated heterocycles. The van der Waals surface area contributed by atoms with Crippen LogP contribution in [-0.4, -0.2) is 23.5 Å². The lowest BCUT2D eigenvalue weighted by atomic mass is 9.98. The summed E-state index contributed by atoms with van der Waals surface area (Å²) in [6, 6.07) is 6.04. The van der Waals surface area contributed by atoms with Crippen molar-refractivity contribution in [3.05, 3.63) is 29.3 Å². The first-order chi connectivity index (χ1) is 9.41. The summed E-state index contributed by atoms with van der Waals surface area (Å²) in [4.78, 5) is 22.0. The van der Waals surface area contributed by atoms with Crippen LogP contribution in [-0.2, 0) is 9.59 Å². The molecule has 1 N–H and O–H groups in total. The highest BCUT2D eigenvalue weighted by Gasteiger charge is 2.21. The van der Waals surface area contributed by atoms with Gasteiger partial charge >= 0.3 is 5.97 Å². The van der Waals surface area contributed by atoms with E-state index in [4.69, 9.17) is 9.84 Å². The average molecular weight is 278 g/mol. The van der Waals surface area contributed by atoms with E-state index in [1.165, 1.54) is 6.92 Å². The van der Waals surface area contributed by atoms with Gasteiger partial charge in [0.15, 0.2) is 0 Å². The van der Waals surface area contributed by atoms with E-state index < -0.39 is 11.9 Å². The fourth-order valence-corrected chi connectivity index (χ4v) is 2.00. The maximum absolute atomic E-state index is 11.1. The van der Waals surface area contributed by atoms with Crippen molar-refractivity contribution >= 4 is 11.8 Å². The standard InChI is InChI=1S/C16H22O4/c1-11-7-8-12(2)15(10-11)20-9-5-4-6-14(13(3)17)16(18)19/h7-8,10,14H,4-6,9H2,1-3H3,(H,18,19). The SMILES string of the molecule is CC(=O)C(CCCCOc1cc(C)ccc1C)C(=O)O. The fraction of sp³-hybridized carbons (Fsp3) is 0.500. The van der Waals surface area contributed by atoms with Crippen molar-refractivity contribution < 1.29 is 19.4 Å². The van der Waals surface area contributed by atoms with E-state index in [0.29, 0.717) is 19.4 Å². The monoisotopic (exact) mass is 278 g/mol. The Kier molecular flexibility index (Phi) is 6.22. The third kappa shape index (κ3) is 5.03. The van der Waals surface area contributed by atoms with Crippen molar-refractivity contribution in [3.8, 4) is 5.75 Å². The number of hydrogen-bond donors (Lipinski definition) is 1. The second-order valence-corrected chi connectivity index (χ2v) is 5.11. The van der Waals surface area contributed by atoms with Gasteiger partial charge in [-0.25, -0.2) is 0 Å². The van der Waals surface area contributed by atoms with Crippen molar-refractivity contribution in [1.82, 2.24) is 0 Å².